The Kier molecular flexibility index (Phi) is 5.24. The number of carbonyl (C=O) groups is 1. The van der Waals surface area contributed by atoms with Gasteiger partial charge in [0.15, 0.2) is 0 Å². The summed E-state index contributed by atoms with van der Waals surface area (Å²) in [5, 5.41) is 16.7. The van der Waals surface area contributed by atoms with Gasteiger partial charge in [-0.25, -0.2) is 0 Å². The molecule has 0 aromatic heterocycles. The number of amides is 1. The van der Waals surface area contributed by atoms with Gasteiger partial charge in [0.2, 0.25) is 0 Å². The van der Waals surface area contributed by atoms with Crippen LogP contribution in [0.4, 0.5) is 11.4 Å². The van der Waals surface area contributed by atoms with Crippen molar-refractivity contribution >= 4 is 17.3 Å². The summed E-state index contributed by atoms with van der Waals surface area (Å²) in [5.41, 5.74) is 0.935. The van der Waals surface area contributed by atoms with E-state index in [2.05, 4.69) is 10.6 Å². The van der Waals surface area contributed by atoms with Crippen LogP contribution >= 0.6 is 0 Å². The average Bonchev–Trinajstić information content (AvgIpc) is 2.46. The van der Waals surface area contributed by atoms with Gasteiger partial charge in [-0.05, 0) is 44.5 Å². The molecule has 7 heteroatoms. The summed E-state index contributed by atoms with van der Waals surface area (Å²) in [6, 6.07) is 4.61. The van der Waals surface area contributed by atoms with E-state index in [1.807, 2.05) is 6.92 Å². The first-order valence-corrected chi connectivity index (χ1v) is 6.93. The van der Waals surface area contributed by atoms with Crippen molar-refractivity contribution in [1.82, 2.24) is 5.32 Å². The molecule has 2 N–H and O–H groups in total. The minimum absolute atomic E-state index is 0.0736. The second-order valence-corrected chi connectivity index (χ2v) is 5.09. The molecular formula is C14H19N3O4. The van der Waals surface area contributed by atoms with Crippen molar-refractivity contribution in [3.8, 4) is 0 Å². The third-order valence-corrected chi connectivity index (χ3v) is 3.36. The molecule has 0 spiro atoms. The topological polar surface area (TPSA) is 93.5 Å². The number of aryl methyl sites for hydroxylation is 1. The molecule has 0 saturated carbocycles. The fraction of sp³-hybridized carbons (Fsp3) is 0.500. The maximum Gasteiger partial charge on any atom is 0.292 e. The van der Waals surface area contributed by atoms with Gasteiger partial charge >= 0.3 is 0 Å². The zero-order valence-corrected chi connectivity index (χ0v) is 11.9. The Morgan fingerprint density at radius 3 is 2.86 bits per heavy atom. The lowest BCUT2D eigenvalue weighted by Crippen LogP contribution is -2.34. The van der Waals surface area contributed by atoms with Crippen LogP contribution in [0.3, 0.4) is 0 Å². The van der Waals surface area contributed by atoms with E-state index in [0.29, 0.717) is 0 Å². The Morgan fingerprint density at radius 2 is 2.19 bits per heavy atom. The molecule has 1 aromatic carbocycles. The predicted molar refractivity (Wildman–Crippen MR) is 78.3 cm³/mol. The Bertz CT molecular complexity index is 527. The molecule has 7 nitrogen and oxygen atoms in total. The first kappa shape index (κ1) is 15.4. The number of anilines is 1. The average molecular weight is 293 g/mol. The van der Waals surface area contributed by atoms with Gasteiger partial charge in [-0.15, -0.1) is 0 Å². The van der Waals surface area contributed by atoms with E-state index in [1.54, 1.807) is 12.1 Å². The van der Waals surface area contributed by atoms with Crippen LogP contribution in [0, 0.1) is 17.0 Å². The van der Waals surface area contributed by atoms with Crippen molar-refractivity contribution in [2.24, 2.45) is 0 Å². The van der Waals surface area contributed by atoms with Crippen LogP contribution in [-0.2, 0) is 9.53 Å². The number of carbonyl (C=O) groups excluding carboxylic acids is 1. The highest BCUT2D eigenvalue weighted by Gasteiger charge is 2.18. The summed E-state index contributed by atoms with van der Waals surface area (Å²) in [7, 11) is 0. The first-order valence-electron chi connectivity index (χ1n) is 6.93. The molecule has 21 heavy (non-hydrogen) atoms. The van der Waals surface area contributed by atoms with E-state index < -0.39 is 4.92 Å². The van der Waals surface area contributed by atoms with Gasteiger partial charge in [0.25, 0.3) is 11.6 Å². The predicted octanol–water partition coefficient (Wildman–Crippen LogP) is 1.61. The summed E-state index contributed by atoms with van der Waals surface area (Å²) < 4.78 is 5.53. The fourth-order valence-electron chi connectivity index (χ4n) is 2.25. The maximum atomic E-state index is 11.9. The lowest BCUT2D eigenvalue weighted by Gasteiger charge is -2.22. The van der Waals surface area contributed by atoms with E-state index in [0.717, 1.165) is 31.5 Å². The first-order chi connectivity index (χ1) is 10.1. The smallest absolute Gasteiger partial charge is 0.292 e. The molecule has 0 aliphatic carbocycles. The Labute approximate surface area is 122 Å². The molecule has 1 fully saturated rings. The van der Waals surface area contributed by atoms with Crippen LogP contribution in [0.5, 0.6) is 0 Å². The summed E-state index contributed by atoms with van der Waals surface area (Å²) in [5.74, 6) is -0.373. The number of nitro benzene ring substituents is 1. The summed E-state index contributed by atoms with van der Waals surface area (Å²) >= 11 is 0. The zero-order valence-electron chi connectivity index (χ0n) is 11.9. The van der Waals surface area contributed by atoms with Crippen LogP contribution in [0.25, 0.3) is 0 Å². The monoisotopic (exact) mass is 293 g/mol. The van der Waals surface area contributed by atoms with E-state index in [-0.39, 0.29) is 30.0 Å². The van der Waals surface area contributed by atoms with Crippen LogP contribution in [0.1, 0.15) is 18.4 Å². The minimum atomic E-state index is -0.511. The highest BCUT2D eigenvalue weighted by molar-refractivity contribution is 5.94. The Hall–Kier alpha value is -1.99. The summed E-state index contributed by atoms with van der Waals surface area (Å²) in [4.78, 5) is 22.3. The van der Waals surface area contributed by atoms with Crippen molar-refractivity contribution in [1.29, 1.82) is 0 Å². The molecule has 1 aliphatic rings. The molecule has 2 rings (SSSR count). The van der Waals surface area contributed by atoms with E-state index >= 15 is 0 Å². The number of benzene rings is 1. The van der Waals surface area contributed by atoms with E-state index in [4.69, 9.17) is 4.74 Å². The highest BCUT2D eigenvalue weighted by Crippen LogP contribution is 2.25. The van der Waals surface area contributed by atoms with Gasteiger partial charge in [-0.1, -0.05) is 6.07 Å². The Morgan fingerprint density at radius 1 is 1.48 bits per heavy atom. The highest BCUT2D eigenvalue weighted by atomic mass is 16.6. The minimum Gasteiger partial charge on any atom is -0.368 e. The van der Waals surface area contributed by atoms with Gasteiger partial charge in [0.1, 0.15) is 12.3 Å². The van der Waals surface area contributed by atoms with E-state index in [1.165, 1.54) is 6.07 Å². The third-order valence-electron chi connectivity index (χ3n) is 3.36. The normalized spacial score (nSPS) is 15.7. The molecule has 0 atom stereocenters. The van der Waals surface area contributed by atoms with Crippen molar-refractivity contribution in [2.45, 2.75) is 25.9 Å². The molecule has 0 unspecified atom stereocenters. The van der Waals surface area contributed by atoms with Crippen LogP contribution in [0.15, 0.2) is 18.2 Å². The van der Waals surface area contributed by atoms with Crippen molar-refractivity contribution in [2.75, 3.05) is 25.0 Å². The molecular weight excluding hydrogens is 274 g/mol. The fourth-order valence-corrected chi connectivity index (χ4v) is 2.25. The Balaban J connectivity index is 1.92. The van der Waals surface area contributed by atoms with E-state index in [9.17, 15) is 14.9 Å². The quantitative estimate of drug-likeness (QED) is 0.635. The van der Waals surface area contributed by atoms with Gasteiger partial charge in [-0.2, -0.15) is 0 Å². The van der Waals surface area contributed by atoms with Crippen molar-refractivity contribution in [3.05, 3.63) is 33.9 Å². The molecule has 114 valence electrons. The lowest BCUT2D eigenvalue weighted by atomic mass is 10.1. The number of nitrogens with zero attached hydrogens (tertiary/aromatic N) is 1. The third kappa shape index (κ3) is 4.51. The number of piperidine rings is 1. The molecule has 0 bridgehead atoms. The molecule has 1 amide bonds. The van der Waals surface area contributed by atoms with Gasteiger partial charge < -0.3 is 15.4 Å². The van der Waals surface area contributed by atoms with Gasteiger partial charge in [-0.3, -0.25) is 14.9 Å². The molecule has 1 saturated heterocycles. The molecule has 0 radical (unpaired) electrons. The van der Waals surface area contributed by atoms with Gasteiger partial charge in [0, 0.05) is 6.07 Å². The number of hydrogen-bond donors (Lipinski definition) is 2. The number of nitro groups is 1. The second kappa shape index (κ2) is 7.14. The number of hydrogen-bond acceptors (Lipinski definition) is 5. The standard InChI is InChI=1S/C14H19N3O4/c1-10-2-3-13(17(19)20)12(8-10)16-14(18)9-21-11-4-6-15-7-5-11/h2-3,8,11,15H,4-7,9H2,1H3,(H,16,18). The van der Waals surface area contributed by atoms with Gasteiger partial charge in [0.05, 0.1) is 11.0 Å². The molecule has 1 heterocycles. The molecule has 1 aliphatic heterocycles. The summed E-state index contributed by atoms with van der Waals surface area (Å²) in [6.45, 7) is 3.49. The maximum absolute atomic E-state index is 11.9. The molecule has 1 aromatic rings. The largest absolute Gasteiger partial charge is 0.368 e. The SMILES string of the molecule is Cc1ccc([N+](=O)[O-])c(NC(=O)COC2CCNCC2)c1. The van der Waals surface area contributed by atoms with Crippen molar-refractivity contribution < 1.29 is 14.5 Å². The second-order valence-electron chi connectivity index (χ2n) is 5.09. The zero-order chi connectivity index (χ0) is 15.2. The van der Waals surface area contributed by atoms with Crippen LogP contribution in [-0.4, -0.2) is 36.6 Å². The van der Waals surface area contributed by atoms with Crippen LogP contribution in [0.2, 0.25) is 0 Å². The van der Waals surface area contributed by atoms with Crippen LogP contribution < -0.4 is 10.6 Å². The number of nitrogens with one attached hydrogen (secondary N) is 2. The summed E-state index contributed by atoms with van der Waals surface area (Å²) in [6.07, 6.45) is 1.82. The lowest BCUT2D eigenvalue weighted by molar-refractivity contribution is -0.383. The van der Waals surface area contributed by atoms with Crippen molar-refractivity contribution in [3.63, 3.8) is 0 Å². The number of rotatable bonds is 5. The number of ether oxygens (including phenoxy) is 1.